The maximum Gasteiger partial charge on any atom is 0.307 e. The topological polar surface area (TPSA) is 83.5 Å². The number of carbonyl (C=O) groups is 1. The Kier molecular flexibility index (Phi) is 13.3. The molecule has 51 heavy (non-hydrogen) atoms. The molecule has 0 radical (unpaired) electrons. The first-order valence-corrected chi connectivity index (χ1v) is 17.6. The van der Waals surface area contributed by atoms with Crippen LogP contribution in [0.25, 0.3) is 0 Å². The highest BCUT2D eigenvalue weighted by Gasteiger charge is 2.49. The molecule has 1 N–H and O–H groups in total. The largest absolute Gasteiger partial charge is 0.481 e. The molecule has 0 spiro atoms. The average molecular weight is 728 g/mol. The smallest absolute Gasteiger partial charge is 0.307 e. The van der Waals surface area contributed by atoms with Crippen molar-refractivity contribution in [1.82, 2.24) is 0 Å². The molecular weight excluding hydrogens is 687 g/mol. The van der Waals surface area contributed by atoms with E-state index in [1.165, 1.54) is 0 Å². The summed E-state index contributed by atoms with van der Waals surface area (Å²) in [6, 6.07) is 42.8. The third-order valence-corrected chi connectivity index (χ3v) is 9.38. The van der Waals surface area contributed by atoms with Crippen molar-refractivity contribution in [2.45, 2.75) is 63.4 Å². The van der Waals surface area contributed by atoms with E-state index in [9.17, 15) is 9.90 Å². The highest BCUT2D eigenvalue weighted by atomic mass is 35.5. The summed E-state index contributed by atoms with van der Waals surface area (Å²) in [6.07, 6.45) is -3.76. The van der Waals surface area contributed by atoms with Crippen molar-refractivity contribution in [3.8, 4) is 0 Å². The van der Waals surface area contributed by atoms with E-state index < -0.39 is 36.5 Å². The zero-order valence-electron chi connectivity index (χ0n) is 28.0. The van der Waals surface area contributed by atoms with Crippen LogP contribution in [0.4, 0.5) is 0 Å². The van der Waals surface area contributed by atoms with Crippen LogP contribution in [0.3, 0.4) is 0 Å². The van der Waals surface area contributed by atoms with Crippen molar-refractivity contribution in [2.24, 2.45) is 0 Å². The van der Waals surface area contributed by atoms with Gasteiger partial charge in [0.2, 0.25) is 0 Å². The molecule has 1 aliphatic rings. The summed E-state index contributed by atoms with van der Waals surface area (Å²) in [4.78, 5) is 11.8. The van der Waals surface area contributed by atoms with Crippen LogP contribution in [-0.4, -0.2) is 42.1 Å². The molecule has 0 bridgehead atoms. The molecule has 1 aliphatic heterocycles. The summed E-state index contributed by atoms with van der Waals surface area (Å²) < 4.78 is 33.6. The fourth-order valence-electron chi connectivity index (χ4n) is 6.17. The molecule has 0 saturated carbocycles. The van der Waals surface area contributed by atoms with Gasteiger partial charge in [-0.25, -0.2) is 0 Å². The monoisotopic (exact) mass is 726 g/mol. The van der Waals surface area contributed by atoms with E-state index >= 15 is 0 Å². The summed E-state index contributed by atoms with van der Waals surface area (Å²) in [5, 5.41) is 10.2. The lowest BCUT2D eigenvalue weighted by Gasteiger charge is -2.46. The van der Waals surface area contributed by atoms with Gasteiger partial charge in [0, 0.05) is 15.6 Å². The van der Waals surface area contributed by atoms with Crippen molar-refractivity contribution in [1.29, 1.82) is 0 Å². The quantitative estimate of drug-likeness (QED) is 0.109. The molecule has 1 fully saturated rings. The highest BCUT2D eigenvalue weighted by Crippen LogP contribution is 2.42. The molecule has 7 nitrogen and oxygen atoms in total. The Bertz CT molecular complexity index is 1810. The number of carboxylic acid groups (broad SMARTS) is 1. The van der Waals surface area contributed by atoms with Crippen LogP contribution in [-0.2, 0) is 61.3 Å². The minimum atomic E-state index is -1.02. The molecule has 1 unspecified atom stereocenters. The van der Waals surface area contributed by atoms with E-state index in [4.69, 9.17) is 46.9 Å². The third-order valence-electron chi connectivity index (χ3n) is 8.70. The first-order valence-electron chi connectivity index (χ1n) is 16.9. The van der Waals surface area contributed by atoms with E-state index in [-0.39, 0.29) is 31.3 Å². The van der Waals surface area contributed by atoms with Gasteiger partial charge in [-0.15, -0.1) is 0 Å². The molecule has 0 aliphatic carbocycles. The van der Waals surface area contributed by atoms with Gasteiger partial charge in [0.15, 0.2) is 0 Å². The van der Waals surface area contributed by atoms with Gasteiger partial charge in [-0.3, -0.25) is 4.79 Å². The van der Waals surface area contributed by atoms with Crippen molar-refractivity contribution < 1.29 is 33.6 Å². The molecule has 5 aromatic carbocycles. The fraction of sp³-hybridized carbons (Fsp3) is 0.262. The second-order valence-electron chi connectivity index (χ2n) is 12.4. The second kappa shape index (κ2) is 18.4. The molecule has 1 saturated heterocycles. The van der Waals surface area contributed by atoms with Crippen LogP contribution in [0.2, 0.25) is 10.0 Å². The van der Waals surface area contributed by atoms with Crippen LogP contribution < -0.4 is 0 Å². The molecule has 0 aromatic heterocycles. The van der Waals surface area contributed by atoms with Crippen molar-refractivity contribution in [3.05, 3.63) is 177 Å². The molecule has 5 atom stereocenters. The van der Waals surface area contributed by atoms with Crippen LogP contribution >= 0.6 is 23.2 Å². The maximum atomic E-state index is 11.8. The molecular formula is C42H40Cl2O7. The molecule has 6 rings (SSSR count). The van der Waals surface area contributed by atoms with Gasteiger partial charge in [0.25, 0.3) is 0 Å². The number of rotatable bonds is 16. The number of hydrogen-bond donors (Lipinski definition) is 1. The zero-order chi connectivity index (χ0) is 35.4. The van der Waals surface area contributed by atoms with Gasteiger partial charge in [-0.2, -0.15) is 0 Å². The molecule has 0 amide bonds. The Hall–Kier alpha value is -4.05. The lowest BCUT2D eigenvalue weighted by molar-refractivity contribution is -0.275. The van der Waals surface area contributed by atoms with E-state index in [2.05, 4.69) is 0 Å². The van der Waals surface area contributed by atoms with E-state index in [1.807, 2.05) is 121 Å². The first kappa shape index (κ1) is 36.7. The van der Waals surface area contributed by atoms with Gasteiger partial charge in [0.05, 0.1) is 39.5 Å². The summed E-state index contributed by atoms with van der Waals surface area (Å²) >= 11 is 13.4. The zero-order valence-corrected chi connectivity index (χ0v) is 29.5. The fourth-order valence-corrected chi connectivity index (χ4v) is 6.73. The minimum Gasteiger partial charge on any atom is -0.481 e. The SMILES string of the molecule is O=C(O)Cc1cc(C2O[C@H](COCc3ccccc3)[C@@H](OCc3ccccc3)[C@H](OCc3ccccc3)[C@H]2OCc2ccccc2)c(Cl)cc1Cl. The average Bonchev–Trinajstić information content (AvgIpc) is 3.15. The number of benzene rings is 5. The van der Waals surface area contributed by atoms with Gasteiger partial charge in [0.1, 0.15) is 30.5 Å². The second-order valence-corrected chi connectivity index (χ2v) is 13.2. The predicted molar refractivity (Wildman–Crippen MR) is 197 cm³/mol. The summed E-state index contributed by atoms with van der Waals surface area (Å²) in [5.74, 6) is -1.02. The first-order chi connectivity index (χ1) is 24.9. The van der Waals surface area contributed by atoms with Gasteiger partial charge >= 0.3 is 5.97 Å². The summed E-state index contributed by atoms with van der Waals surface area (Å²) in [5.41, 5.74) is 4.90. The maximum absolute atomic E-state index is 11.8. The number of hydrogen-bond acceptors (Lipinski definition) is 6. The number of carboxylic acids is 1. The molecule has 1 heterocycles. The third kappa shape index (κ3) is 10.3. The minimum absolute atomic E-state index is 0.175. The highest BCUT2D eigenvalue weighted by molar-refractivity contribution is 6.35. The molecule has 264 valence electrons. The lowest BCUT2D eigenvalue weighted by atomic mass is 9.89. The summed E-state index contributed by atoms with van der Waals surface area (Å²) in [7, 11) is 0. The predicted octanol–water partition coefficient (Wildman–Crippen LogP) is 9.03. The van der Waals surface area contributed by atoms with Crippen LogP contribution in [0, 0.1) is 0 Å². The Morgan fingerprint density at radius 1 is 0.588 bits per heavy atom. The van der Waals surface area contributed by atoms with Crippen molar-refractivity contribution in [2.75, 3.05) is 6.61 Å². The normalized spacial score (nSPS) is 20.2. The number of ether oxygens (including phenoxy) is 5. The van der Waals surface area contributed by atoms with E-state index in [0.717, 1.165) is 22.3 Å². The molecule has 9 heteroatoms. The lowest BCUT2D eigenvalue weighted by Crippen LogP contribution is -2.58. The Morgan fingerprint density at radius 3 is 1.53 bits per heavy atom. The Balaban J connectivity index is 1.40. The van der Waals surface area contributed by atoms with E-state index in [0.29, 0.717) is 29.4 Å². The Morgan fingerprint density at radius 2 is 1.04 bits per heavy atom. The van der Waals surface area contributed by atoms with Crippen LogP contribution in [0.5, 0.6) is 0 Å². The van der Waals surface area contributed by atoms with Crippen LogP contribution in [0.15, 0.2) is 133 Å². The number of aliphatic carboxylic acids is 1. The Labute approximate surface area is 308 Å². The van der Waals surface area contributed by atoms with Crippen LogP contribution in [0.1, 0.15) is 39.5 Å². The van der Waals surface area contributed by atoms with E-state index in [1.54, 1.807) is 12.1 Å². The van der Waals surface area contributed by atoms with Gasteiger partial charge < -0.3 is 28.8 Å². The van der Waals surface area contributed by atoms with Crippen molar-refractivity contribution >= 4 is 29.2 Å². The summed E-state index contributed by atoms with van der Waals surface area (Å²) in [6.45, 7) is 1.38. The standard InChI is InChI=1S/C42H40Cl2O7/c43-35-23-36(44)34(21-33(35)22-38(45)46)39-41(49-26-31-17-9-3-10-18-31)42(50-27-32-19-11-4-12-20-32)40(48-25-30-15-7-2-8-16-30)37(51-39)28-47-24-29-13-5-1-6-14-29/h1-21,23,37,39-42H,22,24-28H2,(H,45,46)/t37-,39?,40-,41+,42+/m1/s1. The number of halogens is 2. The van der Waals surface area contributed by atoms with Crippen molar-refractivity contribution in [3.63, 3.8) is 0 Å². The van der Waals surface area contributed by atoms with Gasteiger partial charge in [-0.1, -0.05) is 145 Å². The van der Waals surface area contributed by atoms with Gasteiger partial charge in [-0.05, 0) is 39.9 Å². The molecule has 5 aromatic rings.